The molecule has 0 saturated heterocycles. The summed E-state index contributed by atoms with van der Waals surface area (Å²) < 4.78 is 1.99. The van der Waals surface area contributed by atoms with Gasteiger partial charge < -0.3 is 5.32 Å². The van der Waals surface area contributed by atoms with Gasteiger partial charge in [-0.1, -0.05) is 24.3 Å². The Morgan fingerprint density at radius 1 is 1.13 bits per heavy atom. The summed E-state index contributed by atoms with van der Waals surface area (Å²) in [5, 5.41) is 6.99. The van der Waals surface area contributed by atoms with E-state index in [1.54, 1.807) is 22.7 Å². The van der Waals surface area contributed by atoms with Crippen molar-refractivity contribution in [2.45, 2.75) is 6.42 Å². The highest BCUT2D eigenvalue weighted by Gasteiger charge is 2.12. The van der Waals surface area contributed by atoms with Gasteiger partial charge >= 0.3 is 0 Å². The number of imidazole rings is 1. The third-order valence-electron chi connectivity index (χ3n) is 3.49. The van der Waals surface area contributed by atoms with Gasteiger partial charge in [-0.15, -0.1) is 22.7 Å². The molecule has 0 bridgehead atoms. The molecule has 0 aliphatic rings. The zero-order chi connectivity index (χ0) is 15.6. The molecule has 3 heterocycles. The number of benzene rings is 1. The van der Waals surface area contributed by atoms with Gasteiger partial charge in [0.05, 0.1) is 17.8 Å². The van der Waals surface area contributed by atoms with Crippen LogP contribution in [0.25, 0.3) is 16.2 Å². The van der Waals surface area contributed by atoms with Crippen molar-refractivity contribution < 1.29 is 4.79 Å². The highest BCUT2D eigenvalue weighted by molar-refractivity contribution is 7.15. The number of nitrogens with zero attached hydrogens (tertiary/aromatic N) is 2. The summed E-state index contributed by atoms with van der Waals surface area (Å²) in [5.74, 6) is -0.0130. The largest absolute Gasteiger partial charge is 0.325 e. The second-order valence-corrected chi connectivity index (χ2v) is 6.97. The van der Waals surface area contributed by atoms with E-state index < -0.39 is 0 Å². The van der Waals surface area contributed by atoms with Crippen molar-refractivity contribution in [1.82, 2.24) is 9.38 Å². The fourth-order valence-corrected chi connectivity index (χ4v) is 3.84. The van der Waals surface area contributed by atoms with Crippen LogP contribution < -0.4 is 5.32 Å². The number of carbonyl (C=O) groups is 1. The predicted octanol–water partition coefficient (Wildman–Crippen LogP) is 4.31. The Kier molecular flexibility index (Phi) is 3.69. The van der Waals surface area contributed by atoms with Gasteiger partial charge in [0.2, 0.25) is 5.91 Å². The van der Waals surface area contributed by atoms with Gasteiger partial charge in [0.1, 0.15) is 0 Å². The Morgan fingerprint density at radius 3 is 2.87 bits per heavy atom. The SMILES string of the molecule is O=C(Cc1cccs1)Nc1ccccc1-c1cn2ccsc2n1. The second kappa shape index (κ2) is 5.98. The van der Waals surface area contributed by atoms with E-state index in [1.807, 2.05) is 64.0 Å². The van der Waals surface area contributed by atoms with E-state index in [9.17, 15) is 4.79 Å². The number of carbonyl (C=O) groups excluding carboxylic acids is 1. The molecule has 1 amide bonds. The molecule has 4 rings (SSSR count). The van der Waals surface area contributed by atoms with Crippen molar-refractivity contribution in [1.29, 1.82) is 0 Å². The van der Waals surface area contributed by atoms with Crippen LogP contribution in [0.15, 0.2) is 59.6 Å². The number of hydrogen-bond donors (Lipinski definition) is 1. The van der Waals surface area contributed by atoms with E-state index in [4.69, 9.17) is 0 Å². The Labute approximate surface area is 141 Å². The molecule has 0 aliphatic heterocycles. The number of amides is 1. The van der Waals surface area contributed by atoms with Gasteiger partial charge in [0, 0.05) is 28.2 Å². The first-order chi connectivity index (χ1) is 11.3. The monoisotopic (exact) mass is 339 g/mol. The molecule has 0 fully saturated rings. The number of fused-ring (bicyclic) bond motifs is 1. The molecule has 0 aliphatic carbocycles. The molecule has 0 radical (unpaired) electrons. The minimum atomic E-state index is -0.0130. The number of thiazole rings is 1. The molecule has 6 heteroatoms. The van der Waals surface area contributed by atoms with Crippen LogP contribution in [-0.4, -0.2) is 15.3 Å². The second-order valence-electron chi connectivity index (χ2n) is 5.07. The van der Waals surface area contributed by atoms with E-state index in [-0.39, 0.29) is 5.91 Å². The van der Waals surface area contributed by atoms with Crippen molar-refractivity contribution in [3.63, 3.8) is 0 Å². The summed E-state index contributed by atoms with van der Waals surface area (Å²) in [6.45, 7) is 0. The van der Waals surface area contributed by atoms with Crippen molar-refractivity contribution in [3.05, 3.63) is 64.4 Å². The van der Waals surface area contributed by atoms with Crippen molar-refractivity contribution in [2.75, 3.05) is 5.32 Å². The van der Waals surface area contributed by atoms with Gasteiger partial charge in [-0.25, -0.2) is 4.98 Å². The highest BCUT2D eigenvalue weighted by atomic mass is 32.1. The van der Waals surface area contributed by atoms with Crippen LogP contribution in [0.4, 0.5) is 5.69 Å². The zero-order valence-corrected chi connectivity index (χ0v) is 13.7. The summed E-state index contributed by atoms with van der Waals surface area (Å²) in [4.78, 5) is 18.9. The number of thiophene rings is 1. The van der Waals surface area contributed by atoms with Gasteiger partial charge in [0.15, 0.2) is 4.96 Å². The third-order valence-corrected chi connectivity index (χ3v) is 5.13. The minimum Gasteiger partial charge on any atom is -0.325 e. The number of aromatic nitrogens is 2. The predicted molar refractivity (Wildman–Crippen MR) is 95.2 cm³/mol. The van der Waals surface area contributed by atoms with E-state index >= 15 is 0 Å². The summed E-state index contributed by atoms with van der Waals surface area (Å²) in [5.41, 5.74) is 2.59. The Bertz CT molecular complexity index is 925. The lowest BCUT2D eigenvalue weighted by Crippen LogP contribution is -2.14. The maximum Gasteiger partial charge on any atom is 0.229 e. The molecule has 114 valence electrons. The van der Waals surface area contributed by atoms with Gasteiger partial charge in [-0.3, -0.25) is 9.20 Å². The number of anilines is 1. The molecule has 1 N–H and O–H groups in total. The Morgan fingerprint density at radius 2 is 2.04 bits per heavy atom. The molecular formula is C17H13N3OS2. The number of para-hydroxylation sites is 1. The maximum atomic E-state index is 12.3. The molecular weight excluding hydrogens is 326 g/mol. The topological polar surface area (TPSA) is 46.4 Å². The first kappa shape index (κ1) is 14.2. The van der Waals surface area contributed by atoms with Crippen molar-refractivity contribution in [3.8, 4) is 11.3 Å². The highest BCUT2D eigenvalue weighted by Crippen LogP contribution is 2.28. The summed E-state index contributed by atoms with van der Waals surface area (Å²) in [7, 11) is 0. The van der Waals surface area contributed by atoms with E-state index in [0.29, 0.717) is 6.42 Å². The van der Waals surface area contributed by atoms with Crippen LogP contribution in [-0.2, 0) is 11.2 Å². The van der Waals surface area contributed by atoms with Gasteiger partial charge in [0.25, 0.3) is 0 Å². The standard InChI is InChI=1S/C17H13N3OS2/c21-16(10-12-4-3-8-22-12)18-14-6-2-1-5-13(14)15-11-20-7-9-23-17(20)19-15/h1-9,11H,10H2,(H,18,21). The van der Waals surface area contributed by atoms with Crippen LogP contribution >= 0.6 is 22.7 Å². The number of rotatable bonds is 4. The summed E-state index contributed by atoms with van der Waals surface area (Å²) in [6, 6.07) is 11.7. The molecule has 0 atom stereocenters. The number of hydrogen-bond acceptors (Lipinski definition) is 4. The maximum absolute atomic E-state index is 12.3. The number of nitrogens with one attached hydrogen (secondary N) is 1. The van der Waals surface area contributed by atoms with Crippen molar-refractivity contribution in [2.24, 2.45) is 0 Å². The molecule has 1 aromatic carbocycles. The minimum absolute atomic E-state index is 0.0130. The molecule has 4 nitrogen and oxygen atoms in total. The smallest absolute Gasteiger partial charge is 0.229 e. The van der Waals surface area contributed by atoms with E-state index in [2.05, 4.69) is 10.3 Å². The summed E-state index contributed by atoms with van der Waals surface area (Å²) in [6.07, 6.45) is 4.36. The third kappa shape index (κ3) is 2.91. The lowest BCUT2D eigenvalue weighted by molar-refractivity contribution is -0.115. The van der Waals surface area contributed by atoms with Crippen LogP contribution in [0.5, 0.6) is 0 Å². The van der Waals surface area contributed by atoms with E-state index in [1.165, 1.54) is 0 Å². The molecule has 23 heavy (non-hydrogen) atoms. The first-order valence-corrected chi connectivity index (χ1v) is 8.89. The van der Waals surface area contributed by atoms with Crippen LogP contribution in [0, 0.1) is 0 Å². The average Bonchev–Trinajstić information content (AvgIpc) is 3.24. The van der Waals surface area contributed by atoms with Gasteiger partial charge in [-0.2, -0.15) is 0 Å². The van der Waals surface area contributed by atoms with Crippen molar-refractivity contribution >= 4 is 39.2 Å². The Hall–Kier alpha value is -2.44. The van der Waals surface area contributed by atoms with Crippen LogP contribution in [0.1, 0.15) is 4.88 Å². The lowest BCUT2D eigenvalue weighted by Gasteiger charge is -2.09. The van der Waals surface area contributed by atoms with E-state index in [0.717, 1.165) is 26.8 Å². The lowest BCUT2D eigenvalue weighted by atomic mass is 10.1. The van der Waals surface area contributed by atoms with Crippen LogP contribution in [0.3, 0.4) is 0 Å². The molecule has 0 saturated carbocycles. The quantitative estimate of drug-likeness (QED) is 0.602. The van der Waals surface area contributed by atoms with Gasteiger partial charge in [-0.05, 0) is 17.5 Å². The molecule has 0 spiro atoms. The first-order valence-electron chi connectivity index (χ1n) is 7.13. The van der Waals surface area contributed by atoms with Crippen LogP contribution in [0.2, 0.25) is 0 Å². The zero-order valence-electron chi connectivity index (χ0n) is 12.1. The fourth-order valence-electron chi connectivity index (χ4n) is 2.44. The summed E-state index contributed by atoms with van der Waals surface area (Å²) >= 11 is 3.18. The molecule has 4 aromatic rings. The molecule has 3 aromatic heterocycles. The molecule has 0 unspecified atom stereocenters. The average molecular weight is 339 g/mol. The normalized spacial score (nSPS) is 11.0. The Balaban J connectivity index is 1.61. The fraction of sp³-hybridized carbons (Fsp3) is 0.0588.